The van der Waals surface area contributed by atoms with Gasteiger partial charge in [-0.1, -0.05) is 0 Å². The molecule has 14 heavy (non-hydrogen) atoms. The Labute approximate surface area is 87.2 Å². The average Bonchev–Trinajstić information content (AvgIpc) is 2.60. The molecule has 0 radical (unpaired) electrons. The molecule has 3 atom stereocenters. The number of rotatable bonds is 3. The maximum atomic E-state index is 11.0. The lowest BCUT2D eigenvalue weighted by molar-refractivity contribution is -0.117. The zero-order chi connectivity index (χ0) is 10.1. The van der Waals surface area contributed by atoms with Crippen LogP contribution >= 0.6 is 11.8 Å². The highest BCUT2D eigenvalue weighted by Gasteiger charge is 2.42. The van der Waals surface area contributed by atoms with E-state index in [-0.39, 0.29) is 23.9 Å². The van der Waals surface area contributed by atoms with Gasteiger partial charge in [-0.05, 0) is 13.3 Å². The minimum Gasteiger partial charge on any atom is -0.332 e. The lowest BCUT2D eigenvalue weighted by Gasteiger charge is -2.15. The van der Waals surface area contributed by atoms with Gasteiger partial charge in [-0.25, -0.2) is 4.79 Å². The van der Waals surface area contributed by atoms with Crippen molar-refractivity contribution in [2.24, 2.45) is 0 Å². The normalized spacial score (nSPS) is 34.9. The molecule has 0 aliphatic carbocycles. The number of urea groups is 1. The molecule has 2 saturated heterocycles. The second-order valence-corrected chi connectivity index (χ2v) is 5.13. The molecule has 5 heteroatoms. The fourth-order valence-corrected chi connectivity index (χ4v) is 3.48. The number of nitrogens with one attached hydrogen (secondary N) is 2. The first-order valence-electron chi connectivity index (χ1n) is 4.85. The van der Waals surface area contributed by atoms with Crippen molar-refractivity contribution >= 4 is 23.6 Å². The first-order valence-corrected chi connectivity index (χ1v) is 5.90. The standard InChI is InChI=1S/C9H14N2O2S/c1-5(12)2-3-7-8-6(4-14-7)10-9(13)11-8/h6-8H,2-4H2,1H3,(H2,10,11,13)/t6-,7-,8-/m0/s1. The first kappa shape index (κ1) is 9.83. The molecular formula is C9H14N2O2S. The predicted octanol–water partition coefficient (Wildman–Crippen LogP) is 0.521. The van der Waals surface area contributed by atoms with E-state index in [0.29, 0.717) is 11.7 Å². The Morgan fingerprint density at radius 3 is 3.07 bits per heavy atom. The Bertz CT molecular complexity index is 270. The Balaban J connectivity index is 1.89. The molecule has 2 rings (SSSR count). The molecule has 0 aromatic heterocycles. The van der Waals surface area contributed by atoms with Crippen molar-refractivity contribution in [2.45, 2.75) is 37.1 Å². The van der Waals surface area contributed by atoms with Gasteiger partial charge in [0.1, 0.15) is 5.78 Å². The van der Waals surface area contributed by atoms with Gasteiger partial charge in [-0.3, -0.25) is 0 Å². The first-order chi connectivity index (χ1) is 6.66. The lowest BCUT2D eigenvalue weighted by Crippen LogP contribution is -2.36. The van der Waals surface area contributed by atoms with E-state index in [9.17, 15) is 9.59 Å². The molecule has 4 nitrogen and oxygen atoms in total. The van der Waals surface area contributed by atoms with Crippen molar-refractivity contribution in [3.8, 4) is 0 Å². The number of carbonyl (C=O) groups is 2. The van der Waals surface area contributed by atoms with Crippen molar-refractivity contribution in [1.29, 1.82) is 0 Å². The molecule has 0 aromatic rings. The number of fused-ring (bicyclic) bond motifs is 1. The predicted molar refractivity (Wildman–Crippen MR) is 55.4 cm³/mol. The number of hydrogen-bond donors (Lipinski definition) is 2. The van der Waals surface area contributed by atoms with Crippen molar-refractivity contribution in [3.63, 3.8) is 0 Å². The highest BCUT2D eigenvalue weighted by Crippen LogP contribution is 2.32. The van der Waals surface area contributed by atoms with Gasteiger partial charge in [0.2, 0.25) is 0 Å². The van der Waals surface area contributed by atoms with Gasteiger partial charge in [-0.15, -0.1) is 0 Å². The molecule has 2 amide bonds. The topological polar surface area (TPSA) is 58.2 Å². The quantitative estimate of drug-likeness (QED) is 0.673. The van der Waals surface area contributed by atoms with Crippen LogP contribution in [0.25, 0.3) is 0 Å². The molecule has 2 heterocycles. The third-order valence-electron chi connectivity index (χ3n) is 2.72. The molecule has 0 bridgehead atoms. The summed E-state index contributed by atoms with van der Waals surface area (Å²) in [6.07, 6.45) is 1.50. The second kappa shape index (κ2) is 3.81. The van der Waals surface area contributed by atoms with E-state index >= 15 is 0 Å². The average molecular weight is 214 g/mol. The monoisotopic (exact) mass is 214 g/mol. The smallest absolute Gasteiger partial charge is 0.315 e. The van der Waals surface area contributed by atoms with Crippen LogP contribution in [0, 0.1) is 0 Å². The van der Waals surface area contributed by atoms with Gasteiger partial charge in [0.25, 0.3) is 0 Å². The van der Waals surface area contributed by atoms with Crippen LogP contribution in [-0.4, -0.2) is 34.9 Å². The summed E-state index contributed by atoms with van der Waals surface area (Å²) in [5.74, 6) is 1.19. The minimum absolute atomic E-state index is 0.0619. The molecule has 2 fully saturated rings. The summed E-state index contributed by atoms with van der Waals surface area (Å²) in [6, 6.07) is 0.435. The summed E-state index contributed by atoms with van der Waals surface area (Å²) in [5, 5.41) is 6.19. The Kier molecular flexibility index (Phi) is 2.67. The summed E-state index contributed by atoms with van der Waals surface area (Å²) < 4.78 is 0. The molecule has 2 aliphatic rings. The molecule has 0 unspecified atom stereocenters. The molecule has 0 spiro atoms. The van der Waals surface area contributed by atoms with E-state index in [1.54, 1.807) is 6.92 Å². The number of carbonyl (C=O) groups excluding carboxylic acids is 2. The van der Waals surface area contributed by atoms with Crippen LogP contribution in [0.5, 0.6) is 0 Å². The van der Waals surface area contributed by atoms with Crippen molar-refractivity contribution in [3.05, 3.63) is 0 Å². The summed E-state index contributed by atoms with van der Waals surface area (Å²) in [7, 11) is 0. The number of hydrogen-bond acceptors (Lipinski definition) is 3. The van der Waals surface area contributed by atoms with Crippen LogP contribution in [0.4, 0.5) is 4.79 Å². The van der Waals surface area contributed by atoms with Crippen LogP contribution in [0.1, 0.15) is 19.8 Å². The van der Waals surface area contributed by atoms with E-state index < -0.39 is 0 Å². The van der Waals surface area contributed by atoms with E-state index in [0.717, 1.165) is 12.2 Å². The summed E-state index contributed by atoms with van der Waals surface area (Å²) in [5.41, 5.74) is 0. The van der Waals surface area contributed by atoms with E-state index in [2.05, 4.69) is 10.6 Å². The van der Waals surface area contributed by atoms with Crippen LogP contribution in [0.15, 0.2) is 0 Å². The zero-order valence-corrected chi connectivity index (χ0v) is 8.89. The minimum atomic E-state index is -0.0619. The number of amides is 2. The van der Waals surface area contributed by atoms with E-state index in [1.165, 1.54) is 0 Å². The van der Waals surface area contributed by atoms with Gasteiger partial charge in [0.15, 0.2) is 0 Å². The van der Waals surface area contributed by atoms with Crippen molar-refractivity contribution in [1.82, 2.24) is 10.6 Å². The Morgan fingerprint density at radius 2 is 2.36 bits per heavy atom. The van der Waals surface area contributed by atoms with E-state index in [4.69, 9.17) is 0 Å². The summed E-state index contributed by atoms with van der Waals surface area (Å²) in [6.45, 7) is 1.61. The number of thioether (sulfide) groups is 1. The highest BCUT2D eigenvalue weighted by atomic mass is 32.2. The Morgan fingerprint density at radius 1 is 1.57 bits per heavy atom. The molecule has 2 N–H and O–H groups in total. The summed E-state index contributed by atoms with van der Waals surface area (Å²) >= 11 is 1.85. The third-order valence-corrected chi connectivity index (χ3v) is 4.23. The van der Waals surface area contributed by atoms with Gasteiger partial charge in [-0.2, -0.15) is 11.8 Å². The largest absolute Gasteiger partial charge is 0.332 e. The van der Waals surface area contributed by atoms with Gasteiger partial charge in [0, 0.05) is 17.4 Å². The maximum Gasteiger partial charge on any atom is 0.315 e. The number of ketones is 1. The van der Waals surface area contributed by atoms with Gasteiger partial charge >= 0.3 is 6.03 Å². The van der Waals surface area contributed by atoms with E-state index in [1.807, 2.05) is 11.8 Å². The molecule has 2 aliphatic heterocycles. The fraction of sp³-hybridized carbons (Fsp3) is 0.778. The number of Topliss-reactive ketones (excluding diaryl/α,β-unsaturated/α-hetero) is 1. The van der Waals surface area contributed by atoms with Crippen molar-refractivity contribution in [2.75, 3.05) is 5.75 Å². The SMILES string of the molecule is CC(=O)CC[C@@H]1SC[C@@H]2NC(=O)N[C@@H]21. The molecular weight excluding hydrogens is 200 g/mol. The second-order valence-electron chi connectivity index (χ2n) is 3.86. The van der Waals surface area contributed by atoms with Gasteiger partial charge < -0.3 is 15.4 Å². The molecule has 0 saturated carbocycles. The highest BCUT2D eigenvalue weighted by molar-refractivity contribution is 8.00. The maximum absolute atomic E-state index is 11.0. The Hall–Kier alpha value is -0.710. The van der Waals surface area contributed by atoms with Crippen molar-refractivity contribution < 1.29 is 9.59 Å². The summed E-state index contributed by atoms with van der Waals surface area (Å²) in [4.78, 5) is 21.9. The van der Waals surface area contributed by atoms with Crippen LogP contribution < -0.4 is 10.6 Å². The fourth-order valence-electron chi connectivity index (χ4n) is 1.99. The van der Waals surface area contributed by atoms with Crippen LogP contribution in [-0.2, 0) is 4.79 Å². The van der Waals surface area contributed by atoms with Gasteiger partial charge in [0.05, 0.1) is 12.1 Å². The molecule has 0 aromatic carbocycles. The lowest BCUT2D eigenvalue weighted by atomic mass is 10.0. The third kappa shape index (κ3) is 1.87. The zero-order valence-electron chi connectivity index (χ0n) is 8.08. The van der Waals surface area contributed by atoms with Crippen LogP contribution in [0.3, 0.4) is 0 Å². The van der Waals surface area contributed by atoms with Crippen LogP contribution in [0.2, 0.25) is 0 Å². The molecule has 78 valence electrons.